The Morgan fingerprint density at radius 1 is 1.71 bits per heavy atom. The van der Waals surface area contributed by atoms with E-state index in [0.29, 0.717) is 0 Å². The van der Waals surface area contributed by atoms with Crippen LogP contribution in [0.5, 0.6) is 0 Å². The molecule has 0 atom stereocenters. The summed E-state index contributed by atoms with van der Waals surface area (Å²) >= 11 is 0. The molecular formula is C6H7N3O5. The fourth-order valence-electron chi connectivity index (χ4n) is 0.914. The van der Waals surface area contributed by atoms with Crippen molar-refractivity contribution in [3.05, 3.63) is 21.9 Å². The molecule has 0 aromatic carbocycles. The summed E-state index contributed by atoms with van der Waals surface area (Å²) < 4.78 is 1.02. The number of rotatable bonds is 4. The van der Waals surface area contributed by atoms with Gasteiger partial charge in [0.15, 0.2) is 5.56 Å². The van der Waals surface area contributed by atoms with Gasteiger partial charge in [-0.2, -0.15) is 4.68 Å². The summed E-state index contributed by atoms with van der Waals surface area (Å²) in [7, 11) is 0. The Bertz CT molecular complexity index is 340. The van der Waals surface area contributed by atoms with E-state index in [1.807, 2.05) is 0 Å². The molecule has 14 heavy (non-hydrogen) atoms. The molecule has 0 saturated heterocycles. The molecule has 1 heterocycles. The van der Waals surface area contributed by atoms with Crippen LogP contribution in [0.1, 0.15) is 10.4 Å². The molecule has 8 nitrogen and oxygen atoms in total. The SMILES string of the molecule is O=C(O)c1cn(CCO)nc1[N+](=O)[O-]. The average molecular weight is 201 g/mol. The van der Waals surface area contributed by atoms with Gasteiger partial charge in [-0.3, -0.25) is 0 Å². The molecule has 1 aromatic rings. The minimum Gasteiger partial charge on any atom is -0.477 e. The quantitative estimate of drug-likeness (QED) is 0.499. The molecule has 0 aliphatic rings. The Morgan fingerprint density at radius 3 is 2.71 bits per heavy atom. The van der Waals surface area contributed by atoms with Crippen molar-refractivity contribution in [2.75, 3.05) is 6.61 Å². The van der Waals surface area contributed by atoms with Gasteiger partial charge in [-0.25, -0.2) is 4.79 Å². The zero-order chi connectivity index (χ0) is 10.7. The molecule has 0 unspecified atom stereocenters. The average Bonchev–Trinajstić information content (AvgIpc) is 2.49. The first-order valence-electron chi connectivity index (χ1n) is 3.62. The van der Waals surface area contributed by atoms with Crippen molar-refractivity contribution < 1.29 is 19.9 Å². The minimum absolute atomic E-state index is 0.0219. The fourth-order valence-corrected chi connectivity index (χ4v) is 0.914. The number of carbonyl (C=O) groups is 1. The summed E-state index contributed by atoms with van der Waals surface area (Å²) in [5.74, 6) is -2.13. The number of hydrogen-bond donors (Lipinski definition) is 2. The number of carboxylic acid groups (broad SMARTS) is 1. The van der Waals surface area contributed by atoms with Gasteiger partial charge in [-0.1, -0.05) is 0 Å². The third kappa shape index (κ3) is 1.85. The molecule has 0 bridgehead atoms. The zero-order valence-corrected chi connectivity index (χ0v) is 6.95. The summed E-state index contributed by atoms with van der Waals surface area (Å²) in [5.41, 5.74) is -0.483. The van der Waals surface area contributed by atoms with Crippen LogP contribution in [-0.2, 0) is 6.54 Å². The molecule has 1 rings (SSSR count). The van der Waals surface area contributed by atoms with Gasteiger partial charge in [0.1, 0.15) is 0 Å². The van der Waals surface area contributed by atoms with Crippen LogP contribution in [0.4, 0.5) is 5.82 Å². The molecule has 0 spiro atoms. The monoisotopic (exact) mass is 201 g/mol. The molecule has 0 aliphatic heterocycles. The van der Waals surface area contributed by atoms with Gasteiger partial charge in [-0.05, 0) is 4.92 Å². The van der Waals surface area contributed by atoms with E-state index in [4.69, 9.17) is 10.2 Å². The van der Waals surface area contributed by atoms with Crippen molar-refractivity contribution in [3.63, 3.8) is 0 Å². The number of aliphatic hydroxyl groups excluding tert-OH is 1. The van der Waals surface area contributed by atoms with E-state index < -0.39 is 22.3 Å². The van der Waals surface area contributed by atoms with E-state index >= 15 is 0 Å². The van der Waals surface area contributed by atoms with Crippen LogP contribution in [0.3, 0.4) is 0 Å². The molecule has 0 fully saturated rings. The standard InChI is InChI=1S/C6H7N3O5/c10-2-1-8-3-4(6(11)12)5(7-8)9(13)14/h3,10H,1-2H2,(H,11,12). The summed E-state index contributed by atoms with van der Waals surface area (Å²) in [4.78, 5) is 20.0. The van der Waals surface area contributed by atoms with Crippen molar-refractivity contribution in [2.24, 2.45) is 0 Å². The molecule has 2 N–H and O–H groups in total. The van der Waals surface area contributed by atoms with Crippen LogP contribution in [0, 0.1) is 10.1 Å². The van der Waals surface area contributed by atoms with E-state index in [-0.39, 0.29) is 13.2 Å². The van der Waals surface area contributed by atoms with Gasteiger partial charge >= 0.3 is 11.8 Å². The highest BCUT2D eigenvalue weighted by molar-refractivity contribution is 5.91. The smallest absolute Gasteiger partial charge is 0.404 e. The van der Waals surface area contributed by atoms with Gasteiger partial charge in [0.05, 0.1) is 24.4 Å². The number of nitrogens with zero attached hydrogens (tertiary/aromatic N) is 3. The molecule has 1 aromatic heterocycles. The predicted molar refractivity (Wildman–Crippen MR) is 42.9 cm³/mol. The molecule has 8 heteroatoms. The second-order valence-corrected chi connectivity index (χ2v) is 2.42. The molecule has 0 amide bonds. The van der Waals surface area contributed by atoms with Crippen LogP contribution in [-0.4, -0.2) is 37.5 Å². The summed E-state index contributed by atoms with van der Waals surface area (Å²) in [5, 5.41) is 30.8. The minimum atomic E-state index is -1.42. The first-order valence-corrected chi connectivity index (χ1v) is 3.62. The maximum atomic E-state index is 10.5. The predicted octanol–water partition coefficient (Wildman–Crippen LogP) is -0.518. The third-order valence-electron chi connectivity index (χ3n) is 1.47. The van der Waals surface area contributed by atoms with Crippen LogP contribution in [0.15, 0.2) is 6.20 Å². The molecule has 0 saturated carbocycles. The molecular weight excluding hydrogens is 194 g/mol. The fraction of sp³-hybridized carbons (Fsp3) is 0.333. The Labute approximate surface area is 77.5 Å². The summed E-state index contributed by atoms with van der Waals surface area (Å²) in [6.07, 6.45) is 1.01. The maximum absolute atomic E-state index is 10.5. The van der Waals surface area contributed by atoms with E-state index in [2.05, 4.69) is 5.10 Å². The normalized spacial score (nSPS) is 10.1. The van der Waals surface area contributed by atoms with Crippen molar-refractivity contribution in [2.45, 2.75) is 6.54 Å². The highest BCUT2D eigenvalue weighted by Gasteiger charge is 2.25. The van der Waals surface area contributed by atoms with Gasteiger partial charge in [0, 0.05) is 0 Å². The lowest BCUT2D eigenvalue weighted by molar-refractivity contribution is -0.390. The Balaban J connectivity index is 3.12. The van der Waals surface area contributed by atoms with Crippen LogP contribution >= 0.6 is 0 Å². The van der Waals surface area contributed by atoms with Crippen molar-refractivity contribution in [1.82, 2.24) is 9.78 Å². The van der Waals surface area contributed by atoms with Gasteiger partial charge < -0.3 is 20.3 Å². The van der Waals surface area contributed by atoms with Crippen molar-refractivity contribution in [1.29, 1.82) is 0 Å². The zero-order valence-electron chi connectivity index (χ0n) is 6.95. The highest BCUT2D eigenvalue weighted by atomic mass is 16.6. The first-order chi connectivity index (χ1) is 6.56. The largest absolute Gasteiger partial charge is 0.477 e. The van der Waals surface area contributed by atoms with E-state index in [1.54, 1.807) is 0 Å². The first kappa shape index (κ1) is 10.1. The lowest BCUT2D eigenvalue weighted by Gasteiger charge is -1.88. The second kappa shape index (κ2) is 3.83. The van der Waals surface area contributed by atoms with Crippen molar-refractivity contribution in [3.8, 4) is 0 Å². The highest BCUT2D eigenvalue weighted by Crippen LogP contribution is 2.15. The maximum Gasteiger partial charge on any atom is 0.404 e. The summed E-state index contributed by atoms with van der Waals surface area (Å²) in [6, 6.07) is 0. The van der Waals surface area contributed by atoms with Gasteiger partial charge in [0.25, 0.3) is 0 Å². The van der Waals surface area contributed by atoms with Gasteiger partial charge in [-0.15, -0.1) is 0 Å². The third-order valence-corrected chi connectivity index (χ3v) is 1.47. The Kier molecular flexibility index (Phi) is 2.77. The number of nitro groups is 1. The molecule has 0 radical (unpaired) electrons. The number of carboxylic acids is 1. The van der Waals surface area contributed by atoms with E-state index in [0.717, 1.165) is 10.9 Å². The number of hydrogen-bond acceptors (Lipinski definition) is 5. The van der Waals surface area contributed by atoms with Crippen LogP contribution < -0.4 is 0 Å². The lowest BCUT2D eigenvalue weighted by Crippen LogP contribution is -2.02. The lowest BCUT2D eigenvalue weighted by atomic mass is 10.3. The topological polar surface area (TPSA) is 118 Å². The van der Waals surface area contributed by atoms with E-state index in [1.165, 1.54) is 0 Å². The summed E-state index contributed by atoms with van der Waals surface area (Å²) in [6.45, 7) is -0.244. The Hall–Kier alpha value is -1.96. The molecule has 0 aliphatic carbocycles. The Morgan fingerprint density at radius 2 is 2.36 bits per heavy atom. The van der Waals surface area contributed by atoms with Crippen molar-refractivity contribution >= 4 is 11.8 Å². The second-order valence-electron chi connectivity index (χ2n) is 2.42. The molecule has 76 valence electrons. The van der Waals surface area contributed by atoms with Crippen LogP contribution in [0.25, 0.3) is 0 Å². The number of aliphatic hydroxyl groups is 1. The van der Waals surface area contributed by atoms with E-state index in [9.17, 15) is 14.9 Å². The van der Waals surface area contributed by atoms with Gasteiger partial charge in [0.2, 0.25) is 0 Å². The number of aromatic nitrogens is 2. The van der Waals surface area contributed by atoms with Crippen LogP contribution in [0.2, 0.25) is 0 Å². The number of aromatic carboxylic acids is 1.